The molecule has 3 rings (SSSR count). The molecule has 0 radical (unpaired) electrons. The number of hydrogen-bond acceptors (Lipinski definition) is 2. The van der Waals surface area contributed by atoms with Gasteiger partial charge in [-0.2, -0.15) is 0 Å². The van der Waals surface area contributed by atoms with Gasteiger partial charge in [0, 0.05) is 10.6 Å². The maximum Gasteiger partial charge on any atom is 0.253 e. The maximum atomic E-state index is 13.0. The molecular weight excluding hydrogens is 543 g/mol. The lowest BCUT2D eigenvalue weighted by atomic mass is 10.0. The van der Waals surface area contributed by atoms with Gasteiger partial charge in [-0.15, -0.1) is 0 Å². The van der Waals surface area contributed by atoms with E-state index in [9.17, 15) is 4.79 Å². The molecule has 0 aliphatic carbocycles. The first kappa shape index (κ1) is 24.5. The molecule has 0 fully saturated rings. The molecular formula is C20H13Cl6N3OS. The summed E-state index contributed by atoms with van der Waals surface area (Å²) < 4.78 is -1.93. The van der Waals surface area contributed by atoms with E-state index in [4.69, 9.17) is 81.8 Å². The lowest BCUT2D eigenvalue weighted by molar-refractivity contribution is 0.0936. The van der Waals surface area contributed by atoms with Crippen LogP contribution in [0.5, 0.6) is 0 Å². The van der Waals surface area contributed by atoms with Crippen LogP contribution in [0.25, 0.3) is 10.8 Å². The number of thiocarbonyl (C=S) groups is 1. The topological polar surface area (TPSA) is 53.2 Å². The first-order valence-electron chi connectivity index (χ1n) is 8.63. The highest BCUT2D eigenvalue weighted by molar-refractivity contribution is 7.80. The van der Waals surface area contributed by atoms with Crippen LogP contribution in [0.3, 0.4) is 0 Å². The van der Waals surface area contributed by atoms with Crippen LogP contribution in [0.15, 0.2) is 54.6 Å². The second-order valence-corrected chi connectivity index (χ2v) is 10.3. The van der Waals surface area contributed by atoms with Crippen LogP contribution in [0, 0.1) is 0 Å². The van der Waals surface area contributed by atoms with E-state index in [0.717, 1.165) is 10.8 Å². The van der Waals surface area contributed by atoms with Crippen LogP contribution < -0.4 is 16.0 Å². The average Bonchev–Trinajstić information content (AvgIpc) is 2.69. The smallest absolute Gasteiger partial charge is 0.253 e. The molecule has 4 nitrogen and oxygen atoms in total. The minimum atomic E-state index is -1.93. The normalized spacial score (nSPS) is 12.3. The summed E-state index contributed by atoms with van der Waals surface area (Å²) >= 11 is 41.7. The van der Waals surface area contributed by atoms with E-state index in [0.29, 0.717) is 16.3 Å². The van der Waals surface area contributed by atoms with Crippen LogP contribution in [0.2, 0.25) is 15.1 Å². The average molecular weight is 556 g/mol. The molecule has 31 heavy (non-hydrogen) atoms. The molecule has 1 atom stereocenters. The monoisotopic (exact) mass is 553 g/mol. The molecule has 11 heteroatoms. The van der Waals surface area contributed by atoms with Crippen molar-refractivity contribution >= 4 is 109 Å². The molecule has 162 valence electrons. The first-order chi connectivity index (χ1) is 14.6. The summed E-state index contributed by atoms with van der Waals surface area (Å²) in [7, 11) is 0. The fourth-order valence-corrected chi connectivity index (χ4v) is 4.23. The Morgan fingerprint density at radius 2 is 1.52 bits per heavy atom. The van der Waals surface area contributed by atoms with Gasteiger partial charge in [0.05, 0.1) is 15.7 Å². The van der Waals surface area contributed by atoms with Crippen LogP contribution in [0.1, 0.15) is 10.4 Å². The van der Waals surface area contributed by atoms with E-state index >= 15 is 0 Å². The van der Waals surface area contributed by atoms with Gasteiger partial charge in [-0.1, -0.05) is 106 Å². The number of anilines is 1. The van der Waals surface area contributed by atoms with Crippen LogP contribution >= 0.6 is 81.8 Å². The number of hydrogen-bond donors (Lipinski definition) is 3. The fourth-order valence-electron chi connectivity index (χ4n) is 2.77. The summed E-state index contributed by atoms with van der Waals surface area (Å²) in [6.07, 6.45) is -1.17. The second kappa shape index (κ2) is 10.2. The number of nitrogens with one attached hydrogen (secondary N) is 3. The van der Waals surface area contributed by atoms with Crippen molar-refractivity contribution in [1.82, 2.24) is 10.6 Å². The molecule has 0 bridgehead atoms. The maximum absolute atomic E-state index is 13.0. The number of carbonyl (C=O) groups excluding carboxylic acids is 1. The Morgan fingerprint density at radius 3 is 2.16 bits per heavy atom. The molecule has 0 aliphatic rings. The SMILES string of the molecule is O=C(N[C@H](NC(=S)Nc1c(Cl)cc(Cl)cc1Cl)C(Cl)(Cl)Cl)c1cccc2ccccc12. The zero-order chi connectivity index (χ0) is 22.8. The number of benzene rings is 3. The van der Waals surface area contributed by atoms with E-state index in [1.807, 2.05) is 30.3 Å². The Morgan fingerprint density at radius 1 is 0.903 bits per heavy atom. The third-order valence-corrected chi connectivity index (χ3v) is 5.85. The second-order valence-electron chi connectivity index (χ2n) is 6.32. The van der Waals surface area contributed by atoms with Crippen molar-refractivity contribution in [2.75, 3.05) is 5.32 Å². The van der Waals surface area contributed by atoms with Gasteiger partial charge in [-0.05, 0) is 41.2 Å². The number of halogens is 6. The zero-order valence-electron chi connectivity index (χ0n) is 15.4. The van der Waals surface area contributed by atoms with Crippen molar-refractivity contribution in [3.63, 3.8) is 0 Å². The molecule has 0 saturated heterocycles. The number of fused-ring (bicyclic) bond motifs is 1. The molecule has 0 aromatic heterocycles. The van der Waals surface area contributed by atoms with Gasteiger partial charge < -0.3 is 16.0 Å². The van der Waals surface area contributed by atoms with E-state index < -0.39 is 15.9 Å². The molecule has 3 aromatic carbocycles. The molecule has 0 unspecified atom stereocenters. The summed E-state index contributed by atoms with van der Waals surface area (Å²) in [6.45, 7) is 0. The predicted octanol–water partition coefficient (Wildman–Crippen LogP) is 7.21. The molecule has 3 aromatic rings. The summed E-state index contributed by atoms with van der Waals surface area (Å²) in [5.41, 5.74) is 0.732. The highest BCUT2D eigenvalue weighted by atomic mass is 35.6. The van der Waals surface area contributed by atoms with Gasteiger partial charge in [0.1, 0.15) is 6.17 Å². The Kier molecular flexibility index (Phi) is 8.03. The summed E-state index contributed by atoms with van der Waals surface area (Å²) in [5.74, 6) is -0.453. The minimum Gasteiger partial charge on any atom is -0.339 e. The van der Waals surface area contributed by atoms with Crippen molar-refractivity contribution in [2.45, 2.75) is 9.96 Å². The third kappa shape index (κ3) is 6.20. The van der Waals surface area contributed by atoms with Gasteiger partial charge >= 0.3 is 0 Å². The van der Waals surface area contributed by atoms with Crippen LogP contribution in [-0.2, 0) is 0 Å². The van der Waals surface area contributed by atoms with Crippen molar-refractivity contribution in [2.24, 2.45) is 0 Å². The zero-order valence-corrected chi connectivity index (χ0v) is 20.7. The van der Waals surface area contributed by atoms with E-state index in [1.165, 1.54) is 12.1 Å². The number of amides is 1. The minimum absolute atomic E-state index is 0.0145. The molecule has 0 heterocycles. The third-order valence-electron chi connectivity index (χ3n) is 4.16. The Labute approximate surface area is 214 Å². The molecule has 0 saturated carbocycles. The summed E-state index contributed by atoms with van der Waals surface area (Å²) in [6, 6.07) is 15.8. The standard InChI is InChI=1S/C20H13Cl6N3OS/c21-11-8-14(22)16(15(23)9-11)27-19(31)29-18(20(24,25)26)28-17(30)13-7-3-5-10-4-1-2-6-12(10)13/h1-9,18H,(H,28,30)(H2,27,29,31)/t18-/m1/s1. The van der Waals surface area contributed by atoms with Crippen molar-refractivity contribution in [3.8, 4) is 0 Å². The molecule has 0 aliphatic heterocycles. The van der Waals surface area contributed by atoms with Gasteiger partial charge in [0.25, 0.3) is 5.91 Å². The van der Waals surface area contributed by atoms with Gasteiger partial charge in [-0.3, -0.25) is 4.79 Å². The Bertz CT molecular complexity index is 1120. The number of rotatable bonds is 4. The van der Waals surface area contributed by atoms with E-state index in [-0.39, 0.29) is 15.2 Å². The van der Waals surface area contributed by atoms with Crippen molar-refractivity contribution in [3.05, 3.63) is 75.2 Å². The van der Waals surface area contributed by atoms with E-state index in [1.54, 1.807) is 12.1 Å². The summed E-state index contributed by atoms with van der Waals surface area (Å²) in [4.78, 5) is 13.0. The first-order valence-corrected chi connectivity index (χ1v) is 11.3. The fraction of sp³-hybridized carbons (Fsp3) is 0.100. The van der Waals surface area contributed by atoms with E-state index in [2.05, 4.69) is 16.0 Å². The van der Waals surface area contributed by atoms with Gasteiger partial charge in [0.2, 0.25) is 3.79 Å². The highest BCUT2D eigenvalue weighted by Crippen LogP contribution is 2.34. The van der Waals surface area contributed by atoms with Gasteiger partial charge in [0.15, 0.2) is 5.11 Å². The van der Waals surface area contributed by atoms with Gasteiger partial charge in [-0.25, -0.2) is 0 Å². The molecule has 3 N–H and O–H groups in total. The van der Waals surface area contributed by atoms with Crippen molar-refractivity contribution < 1.29 is 4.79 Å². The number of alkyl halides is 3. The predicted molar refractivity (Wildman–Crippen MR) is 136 cm³/mol. The van der Waals surface area contributed by atoms with Crippen LogP contribution in [0.4, 0.5) is 5.69 Å². The lowest BCUT2D eigenvalue weighted by Crippen LogP contribution is -2.56. The summed E-state index contributed by atoms with van der Waals surface area (Å²) in [5, 5.41) is 10.8. The Hall–Kier alpha value is -1.18. The largest absolute Gasteiger partial charge is 0.339 e. The molecule has 0 spiro atoms. The van der Waals surface area contributed by atoms with Crippen molar-refractivity contribution in [1.29, 1.82) is 0 Å². The van der Waals surface area contributed by atoms with Crippen LogP contribution in [-0.4, -0.2) is 21.0 Å². The highest BCUT2D eigenvalue weighted by Gasteiger charge is 2.35. The lowest BCUT2D eigenvalue weighted by Gasteiger charge is -2.28. The number of carbonyl (C=O) groups is 1. The molecule has 1 amide bonds. The Balaban J connectivity index is 1.80. The quantitative estimate of drug-likeness (QED) is 0.181.